The zero-order chi connectivity index (χ0) is 17.9. The lowest BCUT2D eigenvalue weighted by molar-refractivity contribution is -0.119. The van der Waals surface area contributed by atoms with Gasteiger partial charge in [0.2, 0.25) is 5.91 Å². The Balaban J connectivity index is 1.73. The second kappa shape index (κ2) is 11.3. The molecule has 0 bridgehead atoms. The summed E-state index contributed by atoms with van der Waals surface area (Å²) in [6.07, 6.45) is 6.10. The second-order valence-electron chi connectivity index (χ2n) is 6.63. The molecule has 0 aromatic carbocycles. The molecule has 1 amide bonds. The molecule has 25 heavy (non-hydrogen) atoms. The SMILES string of the molecule is CCNC(=O)CN=C(NCC)N1CCC(OCC2CCCCO2)CC1. The number of ether oxygens (including phenoxy) is 2. The molecule has 2 aliphatic rings. The molecular formula is C18H34N4O3. The molecule has 1 unspecified atom stereocenters. The number of amides is 1. The van der Waals surface area contributed by atoms with Gasteiger partial charge in [-0.2, -0.15) is 0 Å². The first-order valence-corrected chi connectivity index (χ1v) is 9.76. The molecule has 7 nitrogen and oxygen atoms in total. The number of carbonyl (C=O) groups excluding carboxylic acids is 1. The minimum absolute atomic E-state index is 0.0383. The van der Waals surface area contributed by atoms with Crippen LogP contribution < -0.4 is 10.6 Å². The fourth-order valence-corrected chi connectivity index (χ4v) is 3.24. The van der Waals surface area contributed by atoms with Gasteiger partial charge in [0, 0.05) is 32.8 Å². The van der Waals surface area contributed by atoms with E-state index in [1.807, 2.05) is 13.8 Å². The van der Waals surface area contributed by atoms with Crippen molar-refractivity contribution < 1.29 is 14.3 Å². The van der Waals surface area contributed by atoms with Crippen molar-refractivity contribution in [2.45, 2.75) is 58.2 Å². The highest BCUT2D eigenvalue weighted by Gasteiger charge is 2.23. The molecule has 2 N–H and O–H groups in total. The van der Waals surface area contributed by atoms with Crippen LogP contribution in [0.5, 0.6) is 0 Å². The zero-order valence-corrected chi connectivity index (χ0v) is 15.8. The van der Waals surface area contributed by atoms with Crippen molar-refractivity contribution in [3.8, 4) is 0 Å². The first-order valence-electron chi connectivity index (χ1n) is 9.76. The second-order valence-corrected chi connectivity index (χ2v) is 6.63. The number of guanidine groups is 1. The zero-order valence-electron chi connectivity index (χ0n) is 15.8. The lowest BCUT2D eigenvalue weighted by Crippen LogP contribution is -2.47. The quantitative estimate of drug-likeness (QED) is 0.530. The number of nitrogens with one attached hydrogen (secondary N) is 2. The standard InChI is InChI=1S/C18H34N4O3/c1-3-19-17(23)13-21-18(20-4-2)22-10-8-15(9-11-22)25-14-16-7-5-6-12-24-16/h15-16H,3-14H2,1-2H3,(H,19,23)(H,20,21). The number of likely N-dealkylation sites (tertiary alicyclic amines) is 1. The summed E-state index contributed by atoms with van der Waals surface area (Å²) in [5.74, 6) is 0.784. The summed E-state index contributed by atoms with van der Waals surface area (Å²) in [5.41, 5.74) is 0. The van der Waals surface area contributed by atoms with E-state index in [4.69, 9.17) is 9.47 Å². The Labute approximate surface area is 151 Å². The molecule has 1 atom stereocenters. The Morgan fingerprint density at radius 3 is 2.56 bits per heavy atom. The number of piperidine rings is 1. The van der Waals surface area contributed by atoms with E-state index in [-0.39, 0.29) is 18.6 Å². The summed E-state index contributed by atoms with van der Waals surface area (Å²) in [7, 11) is 0. The molecule has 2 fully saturated rings. The number of rotatable bonds is 7. The molecule has 0 aliphatic carbocycles. The molecular weight excluding hydrogens is 320 g/mol. The van der Waals surface area contributed by atoms with E-state index in [2.05, 4.69) is 20.5 Å². The van der Waals surface area contributed by atoms with Gasteiger partial charge in [0.25, 0.3) is 0 Å². The fourth-order valence-electron chi connectivity index (χ4n) is 3.24. The molecule has 2 rings (SSSR count). The number of likely N-dealkylation sites (N-methyl/N-ethyl adjacent to an activating group) is 1. The van der Waals surface area contributed by atoms with Crippen LogP contribution in [-0.4, -0.2) is 74.9 Å². The van der Waals surface area contributed by atoms with Gasteiger partial charge in [-0.05, 0) is 46.0 Å². The van der Waals surface area contributed by atoms with Gasteiger partial charge in [0.1, 0.15) is 6.54 Å². The Kier molecular flexibility index (Phi) is 9.04. The smallest absolute Gasteiger partial charge is 0.241 e. The van der Waals surface area contributed by atoms with Crippen molar-refractivity contribution in [3.63, 3.8) is 0 Å². The highest BCUT2D eigenvalue weighted by molar-refractivity contribution is 5.85. The number of carbonyl (C=O) groups is 1. The van der Waals surface area contributed by atoms with E-state index in [0.717, 1.165) is 58.1 Å². The van der Waals surface area contributed by atoms with Gasteiger partial charge in [-0.25, -0.2) is 4.99 Å². The molecule has 2 saturated heterocycles. The summed E-state index contributed by atoms with van der Waals surface area (Å²) in [5, 5.41) is 6.06. The number of hydrogen-bond acceptors (Lipinski definition) is 4. The summed E-state index contributed by atoms with van der Waals surface area (Å²) >= 11 is 0. The average Bonchev–Trinajstić information content (AvgIpc) is 2.65. The van der Waals surface area contributed by atoms with Gasteiger partial charge in [-0.1, -0.05) is 0 Å². The van der Waals surface area contributed by atoms with Crippen molar-refractivity contribution in [2.24, 2.45) is 4.99 Å². The molecule has 0 saturated carbocycles. The summed E-state index contributed by atoms with van der Waals surface area (Å²) in [6.45, 7) is 8.96. The topological polar surface area (TPSA) is 75.2 Å². The minimum Gasteiger partial charge on any atom is -0.376 e. The predicted octanol–water partition coefficient (Wildman–Crippen LogP) is 1.14. The van der Waals surface area contributed by atoms with Gasteiger partial charge in [0.05, 0.1) is 18.8 Å². The molecule has 0 aromatic rings. The largest absolute Gasteiger partial charge is 0.376 e. The van der Waals surface area contributed by atoms with E-state index < -0.39 is 0 Å². The van der Waals surface area contributed by atoms with E-state index in [9.17, 15) is 4.79 Å². The maximum absolute atomic E-state index is 11.6. The molecule has 7 heteroatoms. The van der Waals surface area contributed by atoms with Crippen LogP contribution in [0.25, 0.3) is 0 Å². The third-order valence-electron chi connectivity index (χ3n) is 4.61. The van der Waals surface area contributed by atoms with Crippen LogP contribution in [0.15, 0.2) is 4.99 Å². The van der Waals surface area contributed by atoms with Crippen LogP contribution >= 0.6 is 0 Å². The summed E-state index contributed by atoms with van der Waals surface area (Å²) < 4.78 is 11.8. The molecule has 0 aromatic heterocycles. The van der Waals surface area contributed by atoms with Crippen molar-refractivity contribution in [1.29, 1.82) is 0 Å². The third-order valence-corrected chi connectivity index (χ3v) is 4.61. The predicted molar refractivity (Wildman–Crippen MR) is 98.8 cm³/mol. The van der Waals surface area contributed by atoms with E-state index in [1.54, 1.807) is 0 Å². The third kappa shape index (κ3) is 7.20. The van der Waals surface area contributed by atoms with Crippen molar-refractivity contribution in [1.82, 2.24) is 15.5 Å². The van der Waals surface area contributed by atoms with Crippen LogP contribution in [0.1, 0.15) is 46.0 Å². The van der Waals surface area contributed by atoms with E-state index in [1.165, 1.54) is 12.8 Å². The Hall–Kier alpha value is -1.34. The van der Waals surface area contributed by atoms with Crippen molar-refractivity contribution in [2.75, 3.05) is 45.9 Å². The van der Waals surface area contributed by atoms with Gasteiger partial charge in [0.15, 0.2) is 5.96 Å². The lowest BCUT2D eigenvalue weighted by atomic mass is 10.1. The van der Waals surface area contributed by atoms with Gasteiger partial charge in [-0.15, -0.1) is 0 Å². The first-order chi connectivity index (χ1) is 12.2. The highest BCUT2D eigenvalue weighted by Crippen LogP contribution is 2.17. The first kappa shape index (κ1) is 20.0. The van der Waals surface area contributed by atoms with Crippen LogP contribution in [0.3, 0.4) is 0 Å². The van der Waals surface area contributed by atoms with Gasteiger partial charge < -0.3 is 25.0 Å². The van der Waals surface area contributed by atoms with Gasteiger partial charge >= 0.3 is 0 Å². The molecule has 144 valence electrons. The molecule has 2 heterocycles. The number of hydrogen-bond donors (Lipinski definition) is 2. The van der Waals surface area contributed by atoms with Crippen LogP contribution in [0.2, 0.25) is 0 Å². The Morgan fingerprint density at radius 1 is 1.16 bits per heavy atom. The van der Waals surface area contributed by atoms with Crippen LogP contribution in [-0.2, 0) is 14.3 Å². The summed E-state index contributed by atoms with van der Waals surface area (Å²) in [6, 6.07) is 0. The monoisotopic (exact) mass is 354 g/mol. The number of nitrogens with zero attached hydrogens (tertiary/aromatic N) is 2. The maximum Gasteiger partial charge on any atom is 0.241 e. The van der Waals surface area contributed by atoms with Crippen LogP contribution in [0.4, 0.5) is 0 Å². The Morgan fingerprint density at radius 2 is 1.92 bits per heavy atom. The molecule has 0 spiro atoms. The van der Waals surface area contributed by atoms with Crippen molar-refractivity contribution >= 4 is 11.9 Å². The summed E-state index contributed by atoms with van der Waals surface area (Å²) in [4.78, 5) is 18.3. The normalized spacial score (nSPS) is 22.7. The van der Waals surface area contributed by atoms with Crippen molar-refractivity contribution in [3.05, 3.63) is 0 Å². The average molecular weight is 354 g/mol. The fraction of sp³-hybridized carbons (Fsp3) is 0.889. The molecule has 0 radical (unpaired) electrons. The maximum atomic E-state index is 11.6. The van der Waals surface area contributed by atoms with Crippen LogP contribution in [0, 0.1) is 0 Å². The minimum atomic E-state index is -0.0383. The van der Waals surface area contributed by atoms with E-state index in [0.29, 0.717) is 12.6 Å². The number of aliphatic imine (C=N–C) groups is 1. The molecule has 2 aliphatic heterocycles. The van der Waals surface area contributed by atoms with E-state index >= 15 is 0 Å². The highest BCUT2D eigenvalue weighted by atomic mass is 16.5. The Bertz CT molecular complexity index is 417. The lowest BCUT2D eigenvalue weighted by Gasteiger charge is -2.35. The van der Waals surface area contributed by atoms with Gasteiger partial charge in [-0.3, -0.25) is 4.79 Å².